The summed E-state index contributed by atoms with van der Waals surface area (Å²) in [6.07, 6.45) is 0.436. The lowest BCUT2D eigenvalue weighted by Crippen LogP contribution is -2.49. The van der Waals surface area contributed by atoms with E-state index in [9.17, 15) is 17.2 Å². The predicted octanol–water partition coefficient (Wildman–Crippen LogP) is 5.76. The SMILES string of the molecule is CCC(C)(C)c1ccc(S(=O)(=O)N2CCN(CCO[C@@H](c3ccccc3)c3ccc(F)c(F)c3)CC2)cc1. The van der Waals surface area contributed by atoms with Crippen LogP contribution in [0.25, 0.3) is 0 Å². The molecule has 0 amide bonds. The molecule has 4 rings (SSSR count). The molecule has 0 aromatic heterocycles. The maximum Gasteiger partial charge on any atom is 0.243 e. The molecule has 3 aromatic rings. The summed E-state index contributed by atoms with van der Waals surface area (Å²) in [6, 6.07) is 20.5. The van der Waals surface area contributed by atoms with Crippen molar-refractivity contribution in [3.8, 4) is 0 Å². The van der Waals surface area contributed by atoms with E-state index in [4.69, 9.17) is 4.74 Å². The first kappa shape index (κ1) is 28.4. The number of piperazine rings is 1. The van der Waals surface area contributed by atoms with Gasteiger partial charge in [0.1, 0.15) is 6.10 Å². The third-order valence-electron chi connectivity index (χ3n) is 7.53. The molecule has 3 aromatic carbocycles. The van der Waals surface area contributed by atoms with Gasteiger partial charge >= 0.3 is 0 Å². The van der Waals surface area contributed by atoms with E-state index in [1.807, 2.05) is 42.5 Å². The summed E-state index contributed by atoms with van der Waals surface area (Å²) >= 11 is 0. The summed E-state index contributed by atoms with van der Waals surface area (Å²) in [4.78, 5) is 2.48. The molecule has 0 spiro atoms. The fourth-order valence-corrected chi connectivity index (χ4v) is 6.03. The minimum absolute atomic E-state index is 0.000368. The molecule has 204 valence electrons. The Morgan fingerprint density at radius 3 is 2.13 bits per heavy atom. The summed E-state index contributed by atoms with van der Waals surface area (Å²) in [5.41, 5.74) is 2.52. The van der Waals surface area contributed by atoms with E-state index in [1.165, 1.54) is 12.1 Å². The fourth-order valence-electron chi connectivity index (χ4n) is 4.61. The molecule has 0 saturated carbocycles. The minimum Gasteiger partial charge on any atom is -0.367 e. The molecule has 0 N–H and O–H groups in total. The van der Waals surface area contributed by atoms with Crippen molar-refractivity contribution in [2.24, 2.45) is 0 Å². The van der Waals surface area contributed by atoms with E-state index in [1.54, 1.807) is 16.4 Å². The van der Waals surface area contributed by atoms with Gasteiger partial charge in [-0.1, -0.05) is 69.3 Å². The molecule has 38 heavy (non-hydrogen) atoms. The molecule has 0 radical (unpaired) electrons. The Hall–Kier alpha value is -2.65. The van der Waals surface area contributed by atoms with Crippen molar-refractivity contribution in [2.45, 2.75) is 43.6 Å². The summed E-state index contributed by atoms with van der Waals surface area (Å²) < 4.78 is 61.6. The third-order valence-corrected chi connectivity index (χ3v) is 9.44. The number of sulfonamides is 1. The van der Waals surface area contributed by atoms with Crippen LogP contribution in [-0.2, 0) is 20.2 Å². The van der Waals surface area contributed by atoms with Crippen molar-refractivity contribution in [3.05, 3.63) is 101 Å². The smallest absolute Gasteiger partial charge is 0.243 e. The van der Waals surface area contributed by atoms with Gasteiger partial charge in [0.15, 0.2) is 11.6 Å². The standard InChI is InChI=1S/C30H36F2N2O3S/c1-4-30(2,3)25-11-13-26(14-12-25)38(35,36)34-18-16-33(17-19-34)20-21-37-29(23-8-6-5-7-9-23)24-10-15-27(31)28(32)22-24/h5-15,22,29H,4,16-21H2,1-3H3/t29-/m0/s1. The Morgan fingerprint density at radius 1 is 0.868 bits per heavy atom. The lowest BCUT2D eigenvalue weighted by molar-refractivity contribution is 0.0525. The Labute approximate surface area is 225 Å². The second kappa shape index (κ2) is 12.0. The van der Waals surface area contributed by atoms with Crippen LogP contribution in [0, 0.1) is 11.6 Å². The largest absolute Gasteiger partial charge is 0.367 e. The summed E-state index contributed by atoms with van der Waals surface area (Å²) in [6.45, 7) is 9.36. The first-order chi connectivity index (χ1) is 18.1. The van der Waals surface area contributed by atoms with Gasteiger partial charge in [0.05, 0.1) is 11.5 Å². The molecule has 8 heteroatoms. The highest BCUT2D eigenvalue weighted by Gasteiger charge is 2.29. The van der Waals surface area contributed by atoms with Crippen LogP contribution in [0.4, 0.5) is 8.78 Å². The summed E-state index contributed by atoms with van der Waals surface area (Å²) in [5, 5.41) is 0. The normalized spacial score (nSPS) is 16.4. The van der Waals surface area contributed by atoms with E-state index in [-0.39, 0.29) is 5.41 Å². The molecule has 0 bridgehead atoms. The Kier molecular flexibility index (Phi) is 8.98. The van der Waals surface area contributed by atoms with Gasteiger partial charge in [-0.3, -0.25) is 4.90 Å². The summed E-state index contributed by atoms with van der Waals surface area (Å²) in [5.74, 6) is -1.80. The van der Waals surface area contributed by atoms with Crippen LogP contribution < -0.4 is 0 Å². The van der Waals surface area contributed by atoms with E-state index in [2.05, 4.69) is 25.7 Å². The molecule has 1 saturated heterocycles. The topological polar surface area (TPSA) is 49.9 Å². The molecule has 0 unspecified atom stereocenters. The van der Waals surface area contributed by atoms with Crippen LogP contribution in [0.5, 0.6) is 0 Å². The van der Waals surface area contributed by atoms with Crippen LogP contribution in [0.3, 0.4) is 0 Å². The number of benzene rings is 3. The highest BCUT2D eigenvalue weighted by atomic mass is 32.2. The van der Waals surface area contributed by atoms with Crippen molar-refractivity contribution in [1.29, 1.82) is 0 Å². The van der Waals surface area contributed by atoms with Gasteiger partial charge in [0, 0.05) is 32.7 Å². The second-order valence-corrected chi connectivity index (χ2v) is 12.3. The second-order valence-electron chi connectivity index (χ2n) is 10.3. The number of rotatable bonds is 10. The van der Waals surface area contributed by atoms with Crippen molar-refractivity contribution in [2.75, 3.05) is 39.3 Å². The van der Waals surface area contributed by atoms with Gasteiger partial charge < -0.3 is 4.74 Å². The van der Waals surface area contributed by atoms with E-state index < -0.39 is 27.8 Å². The molecular weight excluding hydrogens is 506 g/mol. The maximum atomic E-state index is 13.9. The zero-order valence-electron chi connectivity index (χ0n) is 22.2. The Balaban J connectivity index is 1.34. The van der Waals surface area contributed by atoms with Crippen LogP contribution in [0.1, 0.15) is 50.0 Å². The highest BCUT2D eigenvalue weighted by Crippen LogP contribution is 2.29. The van der Waals surface area contributed by atoms with E-state index in [0.29, 0.717) is 49.8 Å². The van der Waals surface area contributed by atoms with Gasteiger partial charge in [-0.15, -0.1) is 0 Å². The highest BCUT2D eigenvalue weighted by molar-refractivity contribution is 7.89. The van der Waals surface area contributed by atoms with E-state index in [0.717, 1.165) is 23.6 Å². The first-order valence-corrected chi connectivity index (χ1v) is 14.5. The lowest BCUT2D eigenvalue weighted by Gasteiger charge is -2.34. The minimum atomic E-state index is -3.56. The van der Waals surface area contributed by atoms with Gasteiger partial charge in [-0.05, 0) is 52.8 Å². The van der Waals surface area contributed by atoms with E-state index >= 15 is 0 Å². The number of hydrogen-bond acceptors (Lipinski definition) is 4. The van der Waals surface area contributed by atoms with Crippen molar-refractivity contribution in [3.63, 3.8) is 0 Å². The van der Waals surface area contributed by atoms with Crippen LogP contribution in [0.15, 0.2) is 77.7 Å². The molecule has 1 aliphatic rings. The first-order valence-electron chi connectivity index (χ1n) is 13.1. The lowest BCUT2D eigenvalue weighted by atomic mass is 9.82. The van der Waals surface area contributed by atoms with Gasteiger partial charge in [0.25, 0.3) is 0 Å². The molecule has 1 atom stereocenters. The number of ether oxygens (including phenoxy) is 1. The number of halogens is 2. The van der Waals surface area contributed by atoms with Crippen molar-refractivity contribution < 1.29 is 21.9 Å². The molecule has 1 heterocycles. The quantitative estimate of drug-likeness (QED) is 0.327. The van der Waals surface area contributed by atoms with Crippen LogP contribution in [-0.4, -0.2) is 57.0 Å². The monoisotopic (exact) mass is 542 g/mol. The summed E-state index contributed by atoms with van der Waals surface area (Å²) in [7, 11) is -3.56. The molecule has 0 aliphatic carbocycles. The average molecular weight is 543 g/mol. The van der Waals surface area contributed by atoms with Gasteiger partial charge in [-0.25, -0.2) is 17.2 Å². The zero-order valence-corrected chi connectivity index (χ0v) is 23.1. The third kappa shape index (κ3) is 6.49. The fraction of sp³-hybridized carbons (Fsp3) is 0.400. The van der Waals surface area contributed by atoms with Crippen LogP contribution >= 0.6 is 0 Å². The average Bonchev–Trinajstić information content (AvgIpc) is 2.93. The molecule has 5 nitrogen and oxygen atoms in total. The van der Waals surface area contributed by atoms with Crippen molar-refractivity contribution >= 4 is 10.0 Å². The van der Waals surface area contributed by atoms with Crippen molar-refractivity contribution in [1.82, 2.24) is 9.21 Å². The molecule has 1 aliphatic heterocycles. The van der Waals surface area contributed by atoms with Gasteiger partial charge in [0.2, 0.25) is 10.0 Å². The Bertz CT molecular complexity index is 1310. The number of hydrogen-bond donors (Lipinski definition) is 0. The predicted molar refractivity (Wildman–Crippen MR) is 146 cm³/mol. The zero-order chi connectivity index (χ0) is 27.3. The molecular formula is C30H36F2N2O3S. The Morgan fingerprint density at radius 2 is 1.53 bits per heavy atom. The maximum absolute atomic E-state index is 13.9. The van der Waals surface area contributed by atoms with Gasteiger partial charge in [-0.2, -0.15) is 4.31 Å². The molecule has 1 fully saturated rings. The van der Waals surface area contributed by atoms with Crippen LogP contribution in [0.2, 0.25) is 0 Å². The number of nitrogens with zero attached hydrogens (tertiary/aromatic N) is 2.